The van der Waals surface area contributed by atoms with Crippen LogP contribution in [0.4, 0.5) is 0 Å². The Hall–Kier alpha value is -0.180. The second-order valence-corrected chi connectivity index (χ2v) is 4.46. The fourth-order valence-corrected chi connectivity index (χ4v) is 2.51. The number of fused-ring (bicyclic) bond motifs is 1. The van der Waals surface area contributed by atoms with Crippen LogP contribution in [-0.2, 0) is 13.0 Å². The first-order valence-corrected chi connectivity index (χ1v) is 5.97. The van der Waals surface area contributed by atoms with Crippen LogP contribution in [0.25, 0.3) is 0 Å². The molecule has 2 rings (SSSR count). The van der Waals surface area contributed by atoms with Crippen molar-refractivity contribution in [2.75, 3.05) is 12.8 Å². The van der Waals surface area contributed by atoms with E-state index in [1.165, 1.54) is 16.0 Å². The number of nitrogens with one attached hydrogen (secondary N) is 1. The topological polar surface area (TPSA) is 12.0 Å². The van der Waals surface area contributed by atoms with Gasteiger partial charge < -0.3 is 5.32 Å². The molecule has 1 N–H and O–H groups in total. The Kier molecular flexibility index (Phi) is 2.82. The molecule has 0 aromatic heterocycles. The normalized spacial score (nSPS) is 15.5. The Morgan fingerprint density at radius 2 is 2.31 bits per heavy atom. The Morgan fingerprint density at radius 3 is 3.08 bits per heavy atom. The van der Waals surface area contributed by atoms with Crippen LogP contribution >= 0.6 is 23.4 Å². The molecule has 0 fully saturated rings. The van der Waals surface area contributed by atoms with Crippen molar-refractivity contribution in [1.29, 1.82) is 0 Å². The summed E-state index contributed by atoms with van der Waals surface area (Å²) in [4.78, 5) is 1.27. The second kappa shape index (κ2) is 3.91. The van der Waals surface area contributed by atoms with Gasteiger partial charge in [0.1, 0.15) is 0 Å². The van der Waals surface area contributed by atoms with Gasteiger partial charge in [-0.15, -0.1) is 11.8 Å². The predicted molar refractivity (Wildman–Crippen MR) is 58.6 cm³/mol. The molecule has 0 aliphatic carbocycles. The van der Waals surface area contributed by atoms with Crippen LogP contribution in [0.3, 0.4) is 0 Å². The highest BCUT2D eigenvalue weighted by molar-refractivity contribution is 7.98. The molecular weight excluding hydrogens is 202 g/mol. The van der Waals surface area contributed by atoms with Gasteiger partial charge in [0.25, 0.3) is 0 Å². The van der Waals surface area contributed by atoms with E-state index in [2.05, 4.69) is 23.7 Å². The quantitative estimate of drug-likeness (QED) is 0.720. The first-order chi connectivity index (χ1) is 6.31. The fraction of sp³-hybridized carbons (Fsp3) is 0.400. The monoisotopic (exact) mass is 213 g/mol. The largest absolute Gasteiger partial charge is 0.312 e. The Bertz CT molecular complexity index is 325. The minimum Gasteiger partial charge on any atom is -0.312 e. The van der Waals surface area contributed by atoms with E-state index in [1.54, 1.807) is 11.8 Å². The third-order valence-corrected chi connectivity index (χ3v) is 3.41. The molecular formula is C10H12ClNS. The van der Waals surface area contributed by atoms with Gasteiger partial charge in [-0.2, -0.15) is 0 Å². The average molecular weight is 214 g/mol. The van der Waals surface area contributed by atoms with E-state index in [4.69, 9.17) is 11.6 Å². The summed E-state index contributed by atoms with van der Waals surface area (Å²) in [6, 6.07) is 4.31. The van der Waals surface area contributed by atoms with Gasteiger partial charge in [0, 0.05) is 16.5 Å². The van der Waals surface area contributed by atoms with Crippen LogP contribution in [0, 0.1) is 0 Å². The zero-order valence-corrected chi connectivity index (χ0v) is 9.13. The summed E-state index contributed by atoms with van der Waals surface area (Å²) in [7, 11) is 0. The molecule has 1 aliphatic rings. The fourth-order valence-electron chi connectivity index (χ4n) is 1.64. The van der Waals surface area contributed by atoms with E-state index in [9.17, 15) is 0 Å². The molecule has 13 heavy (non-hydrogen) atoms. The number of thioether (sulfide) groups is 1. The molecule has 1 aromatic carbocycles. The van der Waals surface area contributed by atoms with Crippen LogP contribution in [0.15, 0.2) is 17.0 Å². The predicted octanol–water partition coefficient (Wildman–Crippen LogP) is 2.71. The first kappa shape index (κ1) is 9.38. The minimum atomic E-state index is 0.911. The molecule has 0 saturated heterocycles. The summed E-state index contributed by atoms with van der Waals surface area (Å²) in [5.41, 5.74) is 2.70. The third kappa shape index (κ3) is 1.85. The van der Waals surface area contributed by atoms with Crippen LogP contribution in [0.5, 0.6) is 0 Å². The molecule has 0 saturated carbocycles. The van der Waals surface area contributed by atoms with E-state index in [0.29, 0.717) is 0 Å². The van der Waals surface area contributed by atoms with Crippen molar-refractivity contribution in [3.63, 3.8) is 0 Å². The molecule has 1 nitrogen and oxygen atoms in total. The number of hydrogen-bond acceptors (Lipinski definition) is 2. The molecule has 0 spiro atoms. The Morgan fingerprint density at radius 1 is 1.46 bits per heavy atom. The van der Waals surface area contributed by atoms with Gasteiger partial charge in [0.15, 0.2) is 0 Å². The van der Waals surface area contributed by atoms with Gasteiger partial charge in [-0.1, -0.05) is 11.6 Å². The number of halogens is 1. The molecule has 0 radical (unpaired) electrons. The third-order valence-electron chi connectivity index (χ3n) is 2.37. The second-order valence-electron chi connectivity index (χ2n) is 3.17. The van der Waals surface area contributed by atoms with Gasteiger partial charge >= 0.3 is 0 Å². The molecule has 1 aliphatic heterocycles. The van der Waals surface area contributed by atoms with E-state index < -0.39 is 0 Å². The zero-order valence-electron chi connectivity index (χ0n) is 7.56. The van der Waals surface area contributed by atoms with Crippen molar-refractivity contribution in [2.24, 2.45) is 0 Å². The highest BCUT2D eigenvalue weighted by Gasteiger charge is 2.12. The molecule has 1 heterocycles. The lowest BCUT2D eigenvalue weighted by molar-refractivity contribution is 0.642. The van der Waals surface area contributed by atoms with E-state index in [1.807, 2.05) is 0 Å². The highest BCUT2D eigenvalue weighted by atomic mass is 35.5. The van der Waals surface area contributed by atoms with Gasteiger partial charge in [-0.25, -0.2) is 0 Å². The smallest absolute Gasteiger partial charge is 0.0464 e. The number of rotatable bonds is 1. The molecule has 3 heteroatoms. The SMILES string of the molecule is CSc1cc(Cl)c2c(c1)CCNC2. The molecule has 0 unspecified atom stereocenters. The van der Waals surface area contributed by atoms with Gasteiger partial charge in [0.2, 0.25) is 0 Å². The minimum absolute atomic E-state index is 0.911. The van der Waals surface area contributed by atoms with E-state index >= 15 is 0 Å². The highest BCUT2D eigenvalue weighted by Crippen LogP contribution is 2.28. The van der Waals surface area contributed by atoms with Crippen molar-refractivity contribution in [1.82, 2.24) is 5.32 Å². The summed E-state index contributed by atoms with van der Waals surface area (Å²) in [6.07, 6.45) is 3.18. The lowest BCUT2D eigenvalue weighted by Gasteiger charge is -2.19. The van der Waals surface area contributed by atoms with Gasteiger partial charge in [0.05, 0.1) is 0 Å². The Labute approximate surface area is 87.9 Å². The molecule has 0 bridgehead atoms. The summed E-state index contributed by atoms with van der Waals surface area (Å²) < 4.78 is 0. The van der Waals surface area contributed by atoms with Crippen molar-refractivity contribution in [3.8, 4) is 0 Å². The maximum Gasteiger partial charge on any atom is 0.0464 e. The molecule has 0 atom stereocenters. The maximum atomic E-state index is 6.17. The summed E-state index contributed by atoms with van der Waals surface area (Å²) in [6.45, 7) is 1.99. The van der Waals surface area contributed by atoms with Crippen LogP contribution in [-0.4, -0.2) is 12.8 Å². The van der Waals surface area contributed by atoms with Crippen molar-refractivity contribution in [3.05, 3.63) is 28.3 Å². The molecule has 0 amide bonds. The lowest BCUT2D eigenvalue weighted by atomic mass is 10.0. The van der Waals surface area contributed by atoms with E-state index in [0.717, 1.165) is 24.5 Å². The van der Waals surface area contributed by atoms with Crippen molar-refractivity contribution < 1.29 is 0 Å². The van der Waals surface area contributed by atoms with Crippen molar-refractivity contribution in [2.45, 2.75) is 17.9 Å². The van der Waals surface area contributed by atoms with E-state index in [-0.39, 0.29) is 0 Å². The number of benzene rings is 1. The lowest BCUT2D eigenvalue weighted by Crippen LogP contribution is -2.23. The molecule has 1 aromatic rings. The average Bonchev–Trinajstić information content (AvgIpc) is 2.18. The number of hydrogen-bond donors (Lipinski definition) is 1. The van der Waals surface area contributed by atoms with Gasteiger partial charge in [-0.3, -0.25) is 0 Å². The maximum absolute atomic E-state index is 6.17. The molecule has 70 valence electrons. The van der Waals surface area contributed by atoms with Crippen LogP contribution in [0.2, 0.25) is 5.02 Å². The summed E-state index contributed by atoms with van der Waals surface area (Å²) >= 11 is 7.92. The summed E-state index contributed by atoms with van der Waals surface area (Å²) in [5, 5.41) is 4.24. The van der Waals surface area contributed by atoms with Crippen LogP contribution < -0.4 is 5.32 Å². The van der Waals surface area contributed by atoms with Gasteiger partial charge in [-0.05, 0) is 42.5 Å². The first-order valence-electron chi connectivity index (χ1n) is 4.37. The van der Waals surface area contributed by atoms with Crippen molar-refractivity contribution >= 4 is 23.4 Å². The van der Waals surface area contributed by atoms with Crippen LogP contribution in [0.1, 0.15) is 11.1 Å². The Balaban J connectivity index is 2.47. The summed E-state index contributed by atoms with van der Waals surface area (Å²) in [5.74, 6) is 0. The standard InChI is InChI=1S/C10H12ClNS/c1-13-8-4-7-2-3-12-6-9(7)10(11)5-8/h4-5,12H,2-3,6H2,1H3. The zero-order chi connectivity index (χ0) is 9.26.